The minimum absolute atomic E-state index is 0.0178. The summed E-state index contributed by atoms with van der Waals surface area (Å²) >= 11 is 1.45. The second kappa shape index (κ2) is 8.05. The average molecular weight is 384 g/mol. The molecule has 0 aliphatic heterocycles. The number of benzene rings is 1. The maximum absolute atomic E-state index is 13.0. The first-order valence-corrected chi connectivity index (χ1v) is 10.1. The zero-order valence-corrected chi connectivity index (χ0v) is 17.0. The lowest BCUT2D eigenvalue weighted by Gasteiger charge is -2.09. The van der Waals surface area contributed by atoms with Crippen LogP contribution in [0.1, 0.15) is 39.2 Å². The molecule has 1 amide bonds. The molecule has 1 N–H and O–H groups in total. The van der Waals surface area contributed by atoms with Crippen molar-refractivity contribution in [2.45, 2.75) is 40.2 Å². The van der Waals surface area contributed by atoms with Gasteiger partial charge in [0.1, 0.15) is 11.4 Å². The smallest absolute Gasteiger partial charge is 0.263 e. The number of hydrogen-bond acceptors (Lipinski definition) is 4. The van der Waals surface area contributed by atoms with Gasteiger partial charge in [0.15, 0.2) is 0 Å². The molecule has 0 saturated carbocycles. The van der Waals surface area contributed by atoms with Crippen molar-refractivity contribution in [2.75, 3.05) is 6.54 Å². The molecule has 0 saturated heterocycles. The van der Waals surface area contributed by atoms with E-state index in [1.807, 2.05) is 31.4 Å². The molecule has 27 heavy (non-hydrogen) atoms. The van der Waals surface area contributed by atoms with E-state index in [9.17, 15) is 9.59 Å². The van der Waals surface area contributed by atoms with Crippen molar-refractivity contribution in [3.05, 3.63) is 51.9 Å². The summed E-state index contributed by atoms with van der Waals surface area (Å²) in [6.45, 7) is 8.94. The molecule has 0 aliphatic rings. The van der Waals surface area contributed by atoms with Crippen LogP contribution in [0.5, 0.6) is 0 Å². The van der Waals surface area contributed by atoms with Crippen LogP contribution >= 0.6 is 11.3 Å². The topological polar surface area (TPSA) is 64.0 Å². The van der Waals surface area contributed by atoms with Gasteiger partial charge in [-0.3, -0.25) is 14.2 Å². The van der Waals surface area contributed by atoms with Gasteiger partial charge in [0.25, 0.3) is 5.56 Å². The summed E-state index contributed by atoms with van der Waals surface area (Å²) in [6.07, 6.45) is 1.46. The maximum atomic E-state index is 13.0. The molecule has 3 rings (SSSR count). The Morgan fingerprint density at radius 2 is 1.89 bits per heavy atom. The van der Waals surface area contributed by atoms with Crippen LogP contribution in [0.2, 0.25) is 0 Å². The molecule has 6 heteroatoms. The van der Waals surface area contributed by atoms with Crippen molar-refractivity contribution in [3.63, 3.8) is 0 Å². The number of hydrogen-bond donors (Lipinski definition) is 1. The van der Waals surface area contributed by atoms with Gasteiger partial charge >= 0.3 is 0 Å². The van der Waals surface area contributed by atoms with E-state index in [2.05, 4.69) is 36.3 Å². The van der Waals surface area contributed by atoms with Crippen molar-refractivity contribution < 1.29 is 4.79 Å². The highest BCUT2D eigenvalue weighted by Gasteiger charge is 2.15. The Morgan fingerprint density at radius 1 is 1.19 bits per heavy atom. The van der Waals surface area contributed by atoms with E-state index >= 15 is 0 Å². The number of aromatic nitrogens is 2. The number of nitrogens with zero attached hydrogens (tertiary/aromatic N) is 2. The highest BCUT2D eigenvalue weighted by Crippen LogP contribution is 2.31. The first kappa shape index (κ1) is 19.3. The number of carbonyl (C=O) groups is 1. The molecule has 0 aliphatic carbocycles. The van der Waals surface area contributed by atoms with Gasteiger partial charge in [-0.15, -0.1) is 11.3 Å². The zero-order chi connectivity index (χ0) is 19.6. The Kier molecular flexibility index (Phi) is 5.75. The summed E-state index contributed by atoms with van der Waals surface area (Å²) < 4.78 is 1.39. The molecule has 5 nitrogen and oxygen atoms in total. The lowest BCUT2D eigenvalue weighted by Crippen LogP contribution is -2.34. The summed E-state index contributed by atoms with van der Waals surface area (Å²) in [5, 5.41) is 5.38. The molecule has 3 aromatic rings. The number of fused-ring (bicyclic) bond motifs is 1. The largest absolute Gasteiger partial charge is 0.354 e. The van der Waals surface area contributed by atoms with Crippen LogP contribution in [0.15, 0.2) is 40.8 Å². The minimum atomic E-state index is -0.177. The van der Waals surface area contributed by atoms with Gasteiger partial charge in [-0.2, -0.15) is 0 Å². The Balaban J connectivity index is 1.94. The third kappa shape index (κ3) is 4.27. The van der Waals surface area contributed by atoms with Crippen LogP contribution in [-0.4, -0.2) is 22.0 Å². The molecule has 1 aromatic carbocycles. The first-order chi connectivity index (χ1) is 12.9. The molecule has 0 spiro atoms. The maximum Gasteiger partial charge on any atom is 0.263 e. The van der Waals surface area contributed by atoms with Crippen LogP contribution in [0.3, 0.4) is 0 Å². The lowest BCUT2D eigenvalue weighted by molar-refractivity contribution is -0.121. The normalized spacial score (nSPS) is 11.5. The number of carbonyl (C=O) groups excluding carboxylic acids is 1. The van der Waals surface area contributed by atoms with Crippen molar-refractivity contribution in [1.82, 2.24) is 14.9 Å². The van der Waals surface area contributed by atoms with Crippen LogP contribution in [0, 0.1) is 5.92 Å². The summed E-state index contributed by atoms with van der Waals surface area (Å²) in [7, 11) is 0. The molecule has 142 valence electrons. The third-order valence-electron chi connectivity index (χ3n) is 4.47. The molecule has 0 radical (unpaired) electrons. The molecular formula is C21H25N3O2S. The van der Waals surface area contributed by atoms with Gasteiger partial charge in [0, 0.05) is 17.5 Å². The van der Waals surface area contributed by atoms with E-state index in [1.165, 1.54) is 27.8 Å². The van der Waals surface area contributed by atoms with Crippen molar-refractivity contribution >= 4 is 27.5 Å². The molecular weight excluding hydrogens is 358 g/mol. The van der Waals surface area contributed by atoms with Gasteiger partial charge in [-0.05, 0) is 23.0 Å². The molecule has 0 bridgehead atoms. The number of rotatable bonds is 6. The van der Waals surface area contributed by atoms with Crippen LogP contribution in [-0.2, 0) is 11.3 Å². The predicted molar refractivity (Wildman–Crippen MR) is 111 cm³/mol. The standard InChI is InChI=1S/C21H25N3O2S/c1-13(2)9-22-18(25)10-24-12-23-20-19(21(24)26)17(11-27-20)16-7-5-15(6-8-16)14(3)4/h5-8,11-14H,9-10H2,1-4H3,(H,22,25). The van der Waals surface area contributed by atoms with Gasteiger partial charge in [0.05, 0.1) is 11.7 Å². The Morgan fingerprint density at radius 3 is 2.52 bits per heavy atom. The number of thiophene rings is 1. The van der Waals surface area contributed by atoms with E-state index < -0.39 is 0 Å². The van der Waals surface area contributed by atoms with Crippen molar-refractivity contribution in [1.29, 1.82) is 0 Å². The molecule has 2 aromatic heterocycles. The minimum Gasteiger partial charge on any atom is -0.354 e. The van der Waals surface area contributed by atoms with Crippen LogP contribution < -0.4 is 10.9 Å². The molecule has 0 fully saturated rings. The fourth-order valence-electron chi connectivity index (χ4n) is 2.87. The number of nitrogens with one attached hydrogen (secondary N) is 1. The third-order valence-corrected chi connectivity index (χ3v) is 5.36. The quantitative estimate of drug-likeness (QED) is 0.699. The summed E-state index contributed by atoms with van der Waals surface area (Å²) in [5.41, 5.74) is 2.95. The Hall–Kier alpha value is -2.47. The second-order valence-corrected chi connectivity index (χ2v) is 8.34. The fourth-order valence-corrected chi connectivity index (χ4v) is 3.78. The lowest BCUT2D eigenvalue weighted by atomic mass is 9.99. The van der Waals surface area contributed by atoms with Gasteiger partial charge in [-0.1, -0.05) is 52.0 Å². The van der Waals surface area contributed by atoms with E-state index in [4.69, 9.17) is 0 Å². The SMILES string of the molecule is CC(C)CNC(=O)Cn1cnc2scc(-c3ccc(C(C)C)cc3)c2c1=O. The molecule has 0 unspecified atom stereocenters. The number of amides is 1. The van der Waals surface area contributed by atoms with E-state index in [-0.39, 0.29) is 18.0 Å². The summed E-state index contributed by atoms with van der Waals surface area (Å²) in [5.74, 6) is 0.648. The zero-order valence-electron chi connectivity index (χ0n) is 16.2. The fraction of sp³-hybridized carbons (Fsp3) is 0.381. The van der Waals surface area contributed by atoms with Gasteiger partial charge < -0.3 is 5.32 Å². The average Bonchev–Trinajstić information content (AvgIpc) is 3.07. The highest BCUT2D eigenvalue weighted by molar-refractivity contribution is 7.17. The van der Waals surface area contributed by atoms with Crippen molar-refractivity contribution in [3.8, 4) is 11.1 Å². The van der Waals surface area contributed by atoms with Gasteiger partial charge in [0.2, 0.25) is 5.91 Å². The summed E-state index contributed by atoms with van der Waals surface area (Å²) in [6, 6.07) is 8.28. The highest BCUT2D eigenvalue weighted by atomic mass is 32.1. The monoisotopic (exact) mass is 383 g/mol. The Bertz CT molecular complexity index is 1000. The molecule has 2 heterocycles. The van der Waals surface area contributed by atoms with Crippen LogP contribution in [0.25, 0.3) is 21.3 Å². The Labute approximate surface area is 163 Å². The first-order valence-electron chi connectivity index (χ1n) is 9.20. The van der Waals surface area contributed by atoms with E-state index in [0.29, 0.717) is 28.6 Å². The molecule has 0 atom stereocenters. The summed E-state index contributed by atoms with van der Waals surface area (Å²) in [4.78, 5) is 30.2. The van der Waals surface area contributed by atoms with E-state index in [1.54, 1.807) is 0 Å². The van der Waals surface area contributed by atoms with E-state index in [0.717, 1.165) is 11.1 Å². The second-order valence-electron chi connectivity index (χ2n) is 7.48. The van der Waals surface area contributed by atoms with Crippen molar-refractivity contribution in [2.24, 2.45) is 5.92 Å². The van der Waals surface area contributed by atoms with Gasteiger partial charge in [-0.25, -0.2) is 4.98 Å². The predicted octanol–water partition coefficient (Wildman–Crippen LogP) is 4.02. The van der Waals surface area contributed by atoms with Crippen LogP contribution in [0.4, 0.5) is 0 Å².